The van der Waals surface area contributed by atoms with Gasteiger partial charge in [0.05, 0.1) is 18.1 Å². The third-order valence-corrected chi connectivity index (χ3v) is 3.78. The van der Waals surface area contributed by atoms with Crippen molar-refractivity contribution in [3.63, 3.8) is 0 Å². The van der Waals surface area contributed by atoms with Crippen molar-refractivity contribution in [3.8, 4) is 6.07 Å². The summed E-state index contributed by atoms with van der Waals surface area (Å²) in [6.45, 7) is 3.46. The van der Waals surface area contributed by atoms with Crippen molar-refractivity contribution in [2.24, 2.45) is 0 Å². The fourth-order valence-corrected chi connectivity index (χ4v) is 2.36. The van der Waals surface area contributed by atoms with Gasteiger partial charge in [-0.1, -0.05) is 43.3 Å². The molecule has 0 heterocycles. The van der Waals surface area contributed by atoms with Gasteiger partial charge in [0.1, 0.15) is 0 Å². The van der Waals surface area contributed by atoms with Crippen molar-refractivity contribution in [2.75, 3.05) is 5.32 Å². The first-order chi connectivity index (χ1) is 12.0. The van der Waals surface area contributed by atoms with E-state index in [1.807, 2.05) is 43.3 Å². The molecule has 2 aromatic rings. The Hall–Kier alpha value is -3.13. The van der Waals surface area contributed by atoms with Crippen molar-refractivity contribution in [1.29, 1.82) is 5.26 Å². The highest BCUT2D eigenvalue weighted by atomic mass is 16.5. The van der Waals surface area contributed by atoms with Gasteiger partial charge in [-0.05, 0) is 36.6 Å². The molecule has 0 unspecified atom stereocenters. The van der Waals surface area contributed by atoms with E-state index in [1.165, 1.54) is 6.92 Å². The Labute approximate surface area is 147 Å². The maximum atomic E-state index is 12.1. The maximum absolute atomic E-state index is 12.1. The Morgan fingerprint density at radius 2 is 1.84 bits per heavy atom. The van der Waals surface area contributed by atoms with Gasteiger partial charge in [0, 0.05) is 5.69 Å². The molecule has 1 N–H and O–H groups in total. The van der Waals surface area contributed by atoms with Crippen molar-refractivity contribution in [1.82, 2.24) is 0 Å². The molecule has 25 heavy (non-hydrogen) atoms. The molecule has 0 aliphatic rings. The molecule has 2 atom stereocenters. The topological polar surface area (TPSA) is 79.2 Å². The first kappa shape index (κ1) is 18.2. The van der Waals surface area contributed by atoms with Crippen LogP contribution in [-0.4, -0.2) is 18.0 Å². The third-order valence-electron chi connectivity index (χ3n) is 3.78. The molecule has 0 saturated carbocycles. The number of anilines is 1. The molecule has 2 aromatic carbocycles. The number of ether oxygens (including phenoxy) is 1. The summed E-state index contributed by atoms with van der Waals surface area (Å²) in [5, 5.41) is 11.5. The molecule has 2 rings (SSSR count). The average molecular weight is 336 g/mol. The smallest absolute Gasteiger partial charge is 0.307 e. The van der Waals surface area contributed by atoms with Gasteiger partial charge >= 0.3 is 5.97 Å². The number of nitrogens with zero attached hydrogens (tertiary/aromatic N) is 1. The van der Waals surface area contributed by atoms with E-state index in [9.17, 15) is 9.59 Å². The van der Waals surface area contributed by atoms with Crippen molar-refractivity contribution in [2.45, 2.75) is 32.3 Å². The van der Waals surface area contributed by atoms with Gasteiger partial charge in [0.2, 0.25) is 0 Å². The van der Waals surface area contributed by atoms with Gasteiger partial charge in [-0.15, -0.1) is 0 Å². The van der Waals surface area contributed by atoms with Gasteiger partial charge in [0.15, 0.2) is 6.10 Å². The number of carbonyl (C=O) groups excluding carboxylic acids is 2. The number of amides is 1. The molecule has 1 amide bonds. The second-order valence-corrected chi connectivity index (χ2v) is 5.83. The predicted octanol–water partition coefficient (Wildman–Crippen LogP) is 3.62. The molecule has 0 spiro atoms. The summed E-state index contributed by atoms with van der Waals surface area (Å²) >= 11 is 0. The highest BCUT2D eigenvalue weighted by Gasteiger charge is 2.20. The molecule has 128 valence electrons. The first-order valence-corrected chi connectivity index (χ1v) is 8.05. The maximum Gasteiger partial charge on any atom is 0.307 e. The molecule has 0 aliphatic heterocycles. The lowest BCUT2D eigenvalue weighted by molar-refractivity contribution is -0.153. The summed E-state index contributed by atoms with van der Waals surface area (Å²) in [6, 6.07) is 18.2. The van der Waals surface area contributed by atoms with E-state index in [-0.39, 0.29) is 12.3 Å². The lowest BCUT2D eigenvalue weighted by Crippen LogP contribution is -2.30. The minimum Gasteiger partial charge on any atom is -0.453 e. The zero-order valence-electron chi connectivity index (χ0n) is 14.2. The van der Waals surface area contributed by atoms with Crippen LogP contribution in [0.25, 0.3) is 0 Å². The third kappa shape index (κ3) is 5.47. The fraction of sp³-hybridized carbons (Fsp3) is 0.250. The number of carbonyl (C=O) groups is 2. The summed E-state index contributed by atoms with van der Waals surface area (Å²) in [5.74, 6) is -0.850. The SMILES string of the molecule is C[C@@H](OC(=O)C[C@H](C)c1ccccc1)C(=O)Nc1cccc(C#N)c1. The summed E-state index contributed by atoms with van der Waals surface area (Å²) in [7, 11) is 0. The van der Waals surface area contributed by atoms with E-state index in [4.69, 9.17) is 10.00 Å². The molecular weight excluding hydrogens is 316 g/mol. The Bertz CT molecular complexity index is 781. The number of rotatable bonds is 6. The highest BCUT2D eigenvalue weighted by molar-refractivity contribution is 5.95. The van der Waals surface area contributed by atoms with Gasteiger partial charge in [-0.25, -0.2) is 0 Å². The van der Waals surface area contributed by atoms with E-state index >= 15 is 0 Å². The van der Waals surface area contributed by atoms with Crippen LogP contribution in [0.2, 0.25) is 0 Å². The molecule has 0 bridgehead atoms. The van der Waals surface area contributed by atoms with Crippen LogP contribution in [0.4, 0.5) is 5.69 Å². The first-order valence-electron chi connectivity index (χ1n) is 8.05. The molecular formula is C20H20N2O3. The standard InChI is InChI=1S/C20H20N2O3/c1-14(17-8-4-3-5-9-17)11-19(23)25-15(2)20(24)22-18-10-6-7-16(12-18)13-21/h3-10,12,14-15H,11H2,1-2H3,(H,22,24)/t14-,15+/m0/s1. The van der Waals surface area contributed by atoms with Gasteiger partial charge in [0.25, 0.3) is 5.91 Å². The highest BCUT2D eigenvalue weighted by Crippen LogP contribution is 2.19. The molecule has 5 nitrogen and oxygen atoms in total. The number of hydrogen-bond acceptors (Lipinski definition) is 4. The number of nitriles is 1. The van der Waals surface area contributed by atoms with Gasteiger partial charge in [-0.3, -0.25) is 9.59 Å². The molecule has 0 aromatic heterocycles. The van der Waals surface area contributed by atoms with E-state index in [2.05, 4.69) is 5.32 Å². The normalized spacial score (nSPS) is 12.5. The second kappa shape index (κ2) is 8.65. The summed E-state index contributed by atoms with van der Waals surface area (Å²) in [5.41, 5.74) is 1.98. The molecule has 5 heteroatoms. The van der Waals surface area contributed by atoms with E-state index < -0.39 is 18.0 Å². The van der Waals surface area contributed by atoms with Crippen LogP contribution in [0.1, 0.15) is 37.3 Å². The van der Waals surface area contributed by atoms with Crippen LogP contribution in [0, 0.1) is 11.3 Å². The van der Waals surface area contributed by atoms with Gasteiger partial charge in [-0.2, -0.15) is 5.26 Å². The van der Waals surface area contributed by atoms with Crippen LogP contribution < -0.4 is 5.32 Å². The minimum absolute atomic E-state index is 0.0104. The monoisotopic (exact) mass is 336 g/mol. The van der Waals surface area contributed by atoms with Crippen molar-refractivity contribution >= 4 is 17.6 Å². The minimum atomic E-state index is -0.916. The molecule has 0 saturated heterocycles. The van der Waals surface area contributed by atoms with Crippen LogP contribution in [0.15, 0.2) is 54.6 Å². The molecule has 0 fully saturated rings. The Morgan fingerprint density at radius 1 is 1.12 bits per heavy atom. The quantitative estimate of drug-likeness (QED) is 0.817. The number of hydrogen-bond donors (Lipinski definition) is 1. The van der Waals surface area contributed by atoms with Crippen molar-refractivity contribution in [3.05, 3.63) is 65.7 Å². The lowest BCUT2D eigenvalue weighted by atomic mass is 9.98. The van der Waals surface area contributed by atoms with Crippen LogP contribution in [0.3, 0.4) is 0 Å². The average Bonchev–Trinajstić information content (AvgIpc) is 2.62. The Morgan fingerprint density at radius 3 is 2.52 bits per heavy atom. The fourth-order valence-electron chi connectivity index (χ4n) is 2.36. The Balaban J connectivity index is 1.87. The zero-order valence-corrected chi connectivity index (χ0v) is 14.2. The van der Waals surface area contributed by atoms with Crippen molar-refractivity contribution < 1.29 is 14.3 Å². The summed E-state index contributed by atoms with van der Waals surface area (Å²) in [6.07, 6.45) is -0.716. The van der Waals surface area contributed by atoms with Crippen LogP contribution in [0.5, 0.6) is 0 Å². The van der Waals surface area contributed by atoms with Crippen LogP contribution >= 0.6 is 0 Å². The predicted molar refractivity (Wildman–Crippen MR) is 94.8 cm³/mol. The van der Waals surface area contributed by atoms with E-state index in [0.717, 1.165) is 5.56 Å². The largest absolute Gasteiger partial charge is 0.453 e. The zero-order chi connectivity index (χ0) is 18.2. The molecule has 0 radical (unpaired) electrons. The second-order valence-electron chi connectivity index (χ2n) is 5.83. The summed E-state index contributed by atoms with van der Waals surface area (Å²) in [4.78, 5) is 24.2. The number of nitrogens with one attached hydrogen (secondary N) is 1. The summed E-state index contributed by atoms with van der Waals surface area (Å²) < 4.78 is 5.22. The Kier molecular flexibility index (Phi) is 6.30. The number of benzene rings is 2. The molecule has 0 aliphatic carbocycles. The van der Waals surface area contributed by atoms with Gasteiger partial charge < -0.3 is 10.1 Å². The van der Waals surface area contributed by atoms with Crippen LogP contribution in [-0.2, 0) is 14.3 Å². The lowest BCUT2D eigenvalue weighted by Gasteiger charge is -2.16. The van der Waals surface area contributed by atoms with E-state index in [1.54, 1.807) is 24.3 Å². The number of esters is 1. The van der Waals surface area contributed by atoms with E-state index in [0.29, 0.717) is 11.3 Å².